The van der Waals surface area contributed by atoms with E-state index in [4.69, 9.17) is 13.8 Å². The Kier molecular flexibility index (Phi) is 2.95. The zero-order valence-corrected chi connectivity index (χ0v) is 9.81. The van der Waals surface area contributed by atoms with Crippen LogP contribution in [0, 0.1) is 13.8 Å². The molecule has 0 unspecified atom stereocenters. The van der Waals surface area contributed by atoms with Gasteiger partial charge in [-0.15, -0.1) is 0 Å². The van der Waals surface area contributed by atoms with E-state index in [9.17, 15) is 4.79 Å². The summed E-state index contributed by atoms with van der Waals surface area (Å²) < 4.78 is 15.1. The van der Waals surface area contributed by atoms with Gasteiger partial charge in [-0.3, -0.25) is 4.79 Å². The highest BCUT2D eigenvalue weighted by molar-refractivity contribution is 5.66. The molecule has 2 rings (SSSR count). The van der Waals surface area contributed by atoms with E-state index in [1.54, 1.807) is 19.9 Å². The van der Waals surface area contributed by atoms with Crippen molar-refractivity contribution in [3.8, 4) is 11.5 Å². The number of ether oxygens (including phenoxy) is 1. The third kappa shape index (κ3) is 2.35. The van der Waals surface area contributed by atoms with Gasteiger partial charge in [0.05, 0.1) is 11.3 Å². The summed E-state index contributed by atoms with van der Waals surface area (Å²) in [5.74, 6) is 0.793. The van der Waals surface area contributed by atoms with Crippen LogP contribution in [0.4, 0.5) is 0 Å². The summed E-state index contributed by atoms with van der Waals surface area (Å²) in [5, 5.41) is 7.67. The fraction of sp³-hybridized carbons (Fsp3) is 0.364. The van der Waals surface area contributed by atoms with Crippen molar-refractivity contribution in [2.75, 3.05) is 0 Å². The highest BCUT2D eigenvalue weighted by atomic mass is 16.5. The minimum absolute atomic E-state index is 0.117. The lowest BCUT2D eigenvalue weighted by molar-refractivity contribution is -0.142. The van der Waals surface area contributed by atoms with E-state index >= 15 is 0 Å². The molecule has 0 atom stereocenters. The van der Waals surface area contributed by atoms with Gasteiger partial charge >= 0.3 is 5.97 Å². The number of hydrogen-bond acceptors (Lipinski definition) is 6. The van der Waals surface area contributed by atoms with Crippen LogP contribution in [-0.2, 0) is 16.1 Å². The maximum atomic E-state index is 10.8. The first kappa shape index (κ1) is 11.4. The molecule has 6 nitrogen and oxygen atoms in total. The molecule has 0 aliphatic rings. The molecule has 0 saturated carbocycles. The largest absolute Gasteiger partial charge is 0.461 e. The van der Waals surface area contributed by atoms with Gasteiger partial charge in [-0.05, 0) is 13.8 Å². The van der Waals surface area contributed by atoms with Crippen molar-refractivity contribution >= 4 is 5.97 Å². The van der Waals surface area contributed by atoms with Crippen LogP contribution < -0.4 is 0 Å². The van der Waals surface area contributed by atoms with E-state index in [-0.39, 0.29) is 12.6 Å². The van der Waals surface area contributed by atoms with E-state index < -0.39 is 0 Å². The van der Waals surface area contributed by atoms with Gasteiger partial charge in [0.25, 0.3) is 0 Å². The number of carbonyl (C=O) groups is 1. The fourth-order valence-corrected chi connectivity index (χ4v) is 1.41. The summed E-state index contributed by atoms with van der Waals surface area (Å²) in [7, 11) is 0. The molecule has 0 radical (unpaired) electrons. The van der Waals surface area contributed by atoms with E-state index in [0.29, 0.717) is 28.5 Å². The molecule has 0 aliphatic carbocycles. The van der Waals surface area contributed by atoms with Crippen LogP contribution >= 0.6 is 0 Å². The number of nitrogens with zero attached hydrogens (tertiary/aromatic N) is 2. The van der Waals surface area contributed by atoms with E-state index in [2.05, 4.69) is 10.3 Å². The summed E-state index contributed by atoms with van der Waals surface area (Å²) in [5.41, 5.74) is 1.92. The van der Waals surface area contributed by atoms with Crippen molar-refractivity contribution in [3.63, 3.8) is 0 Å². The lowest BCUT2D eigenvalue weighted by atomic mass is 10.1. The molecule has 0 aliphatic heterocycles. The Morgan fingerprint density at radius 1 is 1.35 bits per heavy atom. The first-order valence-electron chi connectivity index (χ1n) is 5.10. The van der Waals surface area contributed by atoms with Crippen LogP contribution in [-0.4, -0.2) is 16.3 Å². The second kappa shape index (κ2) is 4.40. The molecule has 17 heavy (non-hydrogen) atoms. The molecule has 90 valence electrons. The Morgan fingerprint density at radius 3 is 2.71 bits per heavy atom. The molecule has 2 aromatic heterocycles. The van der Waals surface area contributed by atoms with Crippen molar-refractivity contribution in [1.29, 1.82) is 0 Å². The number of aryl methyl sites for hydroxylation is 2. The van der Waals surface area contributed by atoms with Crippen LogP contribution in [0.3, 0.4) is 0 Å². The predicted octanol–water partition coefficient (Wildman–Crippen LogP) is 2.01. The molecule has 0 bridgehead atoms. The maximum absolute atomic E-state index is 10.8. The second-order valence-electron chi connectivity index (χ2n) is 3.68. The molecule has 0 fully saturated rings. The Balaban J connectivity index is 2.31. The number of rotatable bonds is 3. The molecule has 0 aromatic carbocycles. The summed E-state index contributed by atoms with van der Waals surface area (Å²) in [6.07, 6.45) is 0. The molecular formula is C11H12N2O4. The zero-order chi connectivity index (χ0) is 12.4. The molecule has 0 spiro atoms. The first-order valence-corrected chi connectivity index (χ1v) is 5.10. The summed E-state index contributed by atoms with van der Waals surface area (Å²) in [6, 6.07) is 1.73. The monoisotopic (exact) mass is 236 g/mol. The van der Waals surface area contributed by atoms with Gasteiger partial charge in [-0.25, -0.2) is 0 Å². The quantitative estimate of drug-likeness (QED) is 0.758. The van der Waals surface area contributed by atoms with Crippen molar-refractivity contribution in [2.24, 2.45) is 0 Å². The van der Waals surface area contributed by atoms with E-state index in [1.165, 1.54) is 6.92 Å². The van der Waals surface area contributed by atoms with Gasteiger partial charge in [0.2, 0.25) is 0 Å². The summed E-state index contributed by atoms with van der Waals surface area (Å²) >= 11 is 0. The average molecular weight is 236 g/mol. The number of aromatic nitrogens is 2. The molecule has 6 heteroatoms. The summed E-state index contributed by atoms with van der Waals surface area (Å²) in [6.45, 7) is 5.03. The van der Waals surface area contributed by atoms with Gasteiger partial charge in [0.1, 0.15) is 12.4 Å². The number of carbonyl (C=O) groups excluding carboxylic acids is 1. The Bertz CT molecular complexity index is 541. The van der Waals surface area contributed by atoms with Crippen molar-refractivity contribution < 1.29 is 18.6 Å². The van der Waals surface area contributed by atoms with Crippen molar-refractivity contribution in [1.82, 2.24) is 10.3 Å². The minimum atomic E-state index is -0.354. The van der Waals surface area contributed by atoms with Crippen LogP contribution in [0.5, 0.6) is 0 Å². The van der Waals surface area contributed by atoms with Gasteiger partial charge in [0, 0.05) is 13.0 Å². The van der Waals surface area contributed by atoms with Gasteiger partial charge < -0.3 is 13.8 Å². The van der Waals surface area contributed by atoms with Crippen LogP contribution in [0.25, 0.3) is 11.5 Å². The van der Waals surface area contributed by atoms with Crippen molar-refractivity contribution in [2.45, 2.75) is 27.4 Å². The smallest absolute Gasteiger partial charge is 0.302 e. The van der Waals surface area contributed by atoms with Gasteiger partial charge in [0.15, 0.2) is 11.5 Å². The molecule has 0 saturated heterocycles. The lowest BCUT2D eigenvalue weighted by Gasteiger charge is -2.00. The predicted molar refractivity (Wildman–Crippen MR) is 56.9 cm³/mol. The number of esters is 1. The SMILES string of the molecule is CC(=O)OCc1c(C)noc1-c1cc(C)on1. The third-order valence-corrected chi connectivity index (χ3v) is 2.27. The highest BCUT2D eigenvalue weighted by Gasteiger charge is 2.18. The Labute approximate surface area is 97.5 Å². The van der Waals surface area contributed by atoms with Gasteiger partial charge in [-0.2, -0.15) is 0 Å². The normalized spacial score (nSPS) is 10.5. The average Bonchev–Trinajstić information content (AvgIpc) is 2.82. The Hall–Kier alpha value is -2.11. The summed E-state index contributed by atoms with van der Waals surface area (Å²) in [4.78, 5) is 10.8. The molecule has 2 aromatic rings. The maximum Gasteiger partial charge on any atom is 0.302 e. The second-order valence-corrected chi connectivity index (χ2v) is 3.68. The third-order valence-electron chi connectivity index (χ3n) is 2.27. The van der Waals surface area contributed by atoms with E-state index in [0.717, 1.165) is 0 Å². The van der Waals surface area contributed by atoms with Crippen LogP contribution in [0.2, 0.25) is 0 Å². The highest BCUT2D eigenvalue weighted by Crippen LogP contribution is 2.26. The van der Waals surface area contributed by atoms with E-state index in [1.807, 2.05) is 0 Å². The van der Waals surface area contributed by atoms with Crippen LogP contribution in [0.1, 0.15) is 23.9 Å². The molecule has 0 amide bonds. The van der Waals surface area contributed by atoms with Crippen LogP contribution in [0.15, 0.2) is 15.1 Å². The topological polar surface area (TPSA) is 78.4 Å². The van der Waals surface area contributed by atoms with Gasteiger partial charge in [-0.1, -0.05) is 10.3 Å². The standard InChI is InChI=1S/C11H12N2O4/c1-6-4-10(13-16-6)11-9(5-15-8(3)14)7(2)12-17-11/h4H,5H2,1-3H3. The Morgan fingerprint density at radius 2 is 2.12 bits per heavy atom. The molecule has 2 heterocycles. The number of hydrogen-bond donors (Lipinski definition) is 0. The van der Waals surface area contributed by atoms with Crippen molar-refractivity contribution in [3.05, 3.63) is 23.1 Å². The first-order chi connectivity index (χ1) is 8.08. The molecule has 0 N–H and O–H groups in total. The fourth-order valence-electron chi connectivity index (χ4n) is 1.41. The minimum Gasteiger partial charge on any atom is -0.461 e. The lowest BCUT2D eigenvalue weighted by Crippen LogP contribution is -2.00. The zero-order valence-electron chi connectivity index (χ0n) is 9.81. The molecular weight excluding hydrogens is 224 g/mol.